The fourth-order valence-electron chi connectivity index (χ4n) is 2.55. The summed E-state index contributed by atoms with van der Waals surface area (Å²) in [7, 11) is 3.44. The number of likely N-dealkylation sites (N-methyl/N-ethyl adjacent to an activating group) is 1. The van der Waals surface area contributed by atoms with Gasteiger partial charge >= 0.3 is 0 Å². The third-order valence-electron chi connectivity index (χ3n) is 4.19. The maximum Gasteiger partial charge on any atom is 0.243 e. The van der Waals surface area contributed by atoms with Gasteiger partial charge in [0, 0.05) is 44.8 Å². The van der Waals surface area contributed by atoms with Crippen LogP contribution < -0.4 is 10.6 Å². The molecule has 7 nitrogen and oxygen atoms in total. The van der Waals surface area contributed by atoms with E-state index in [1.54, 1.807) is 14.1 Å². The maximum atomic E-state index is 11.8. The molecule has 0 unspecified atom stereocenters. The fourth-order valence-corrected chi connectivity index (χ4v) is 2.55. The van der Waals surface area contributed by atoms with Crippen LogP contribution in [0.15, 0.2) is 33.7 Å². The van der Waals surface area contributed by atoms with E-state index in [1.165, 1.54) is 4.90 Å². The average Bonchev–Trinajstić information content (AvgIpc) is 2.99. The number of carbonyl (C=O) groups excluding carboxylic acids is 1. The van der Waals surface area contributed by atoms with Gasteiger partial charge in [-0.05, 0) is 26.3 Å². The van der Waals surface area contributed by atoms with E-state index in [0.29, 0.717) is 32.3 Å². The molecule has 1 heterocycles. The number of halogens is 1. The van der Waals surface area contributed by atoms with E-state index in [-0.39, 0.29) is 36.4 Å². The normalized spacial score (nSPS) is 11.2. The highest BCUT2D eigenvalue weighted by molar-refractivity contribution is 14.0. The van der Waals surface area contributed by atoms with Crippen molar-refractivity contribution in [2.45, 2.75) is 26.8 Å². The third-order valence-corrected chi connectivity index (χ3v) is 4.19. The molecular formula is C20H31IN4O3. The molecule has 156 valence electrons. The molecule has 0 bridgehead atoms. The lowest BCUT2D eigenvalue weighted by molar-refractivity contribution is -0.127. The quantitative estimate of drug-likeness (QED) is 0.239. The van der Waals surface area contributed by atoms with Crippen molar-refractivity contribution in [2.75, 3.05) is 40.4 Å². The summed E-state index contributed by atoms with van der Waals surface area (Å²) in [6.45, 7) is 6.72. The van der Waals surface area contributed by atoms with E-state index in [2.05, 4.69) is 15.6 Å². The van der Waals surface area contributed by atoms with Crippen LogP contribution in [0.25, 0.3) is 11.0 Å². The maximum absolute atomic E-state index is 11.8. The number of rotatable bonds is 9. The van der Waals surface area contributed by atoms with Crippen LogP contribution in [0.3, 0.4) is 0 Å². The van der Waals surface area contributed by atoms with Crippen molar-refractivity contribution in [3.63, 3.8) is 0 Å². The van der Waals surface area contributed by atoms with E-state index in [4.69, 9.17) is 9.15 Å². The Kier molecular flexibility index (Phi) is 10.9. The van der Waals surface area contributed by atoms with E-state index in [1.807, 2.05) is 38.1 Å². The van der Waals surface area contributed by atoms with Crippen LogP contribution in [0, 0.1) is 6.92 Å². The lowest BCUT2D eigenvalue weighted by atomic mass is 10.1. The molecule has 0 aliphatic heterocycles. The summed E-state index contributed by atoms with van der Waals surface area (Å²) in [5, 5.41) is 7.61. The van der Waals surface area contributed by atoms with Gasteiger partial charge in [-0.1, -0.05) is 18.2 Å². The summed E-state index contributed by atoms with van der Waals surface area (Å²) < 4.78 is 11.3. The van der Waals surface area contributed by atoms with Crippen LogP contribution in [0.2, 0.25) is 0 Å². The standard InChI is InChI=1S/C20H30N4O3.HI/c1-5-26-12-8-11-21-20(23-14-19(25)24(3)4)22-13-18-15(2)16-9-6-7-10-17(16)27-18;/h6-7,9-10H,5,8,11-14H2,1-4H3,(H2,21,22,23);1H. The second kappa shape index (κ2) is 12.6. The number of guanidine groups is 1. The first-order valence-electron chi connectivity index (χ1n) is 9.30. The number of nitrogens with one attached hydrogen (secondary N) is 2. The molecule has 0 atom stereocenters. The highest BCUT2D eigenvalue weighted by Crippen LogP contribution is 2.24. The number of para-hydroxylation sites is 1. The average molecular weight is 502 g/mol. The Morgan fingerprint density at radius 3 is 2.68 bits per heavy atom. The van der Waals surface area contributed by atoms with Gasteiger partial charge in [-0.2, -0.15) is 0 Å². The molecule has 8 heteroatoms. The predicted molar refractivity (Wildman–Crippen MR) is 123 cm³/mol. The van der Waals surface area contributed by atoms with Crippen LogP contribution in [0.5, 0.6) is 0 Å². The molecule has 0 fully saturated rings. The highest BCUT2D eigenvalue weighted by atomic mass is 127. The number of carbonyl (C=O) groups is 1. The summed E-state index contributed by atoms with van der Waals surface area (Å²) in [6.07, 6.45) is 0.861. The van der Waals surface area contributed by atoms with Crippen molar-refractivity contribution >= 4 is 46.8 Å². The van der Waals surface area contributed by atoms with Crippen molar-refractivity contribution < 1.29 is 13.9 Å². The monoisotopic (exact) mass is 502 g/mol. The number of hydrogen-bond donors (Lipinski definition) is 2. The summed E-state index contributed by atoms with van der Waals surface area (Å²) in [4.78, 5) is 17.7. The molecule has 0 aliphatic rings. The molecule has 2 N–H and O–H groups in total. The molecule has 2 rings (SSSR count). The van der Waals surface area contributed by atoms with Crippen molar-refractivity contribution in [3.8, 4) is 0 Å². The van der Waals surface area contributed by atoms with Crippen molar-refractivity contribution in [2.24, 2.45) is 4.99 Å². The number of aryl methyl sites for hydroxylation is 1. The van der Waals surface area contributed by atoms with E-state index < -0.39 is 0 Å². The zero-order chi connectivity index (χ0) is 19.6. The first-order chi connectivity index (χ1) is 13.0. The van der Waals surface area contributed by atoms with Crippen molar-refractivity contribution in [1.29, 1.82) is 0 Å². The topological polar surface area (TPSA) is 79.1 Å². The minimum absolute atomic E-state index is 0. The Morgan fingerprint density at radius 2 is 2.00 bits per heavy atom. The van der Waals surface area contributed by atoms with Gasteiger partial charge in [0.2, 0.25) is 5.91 Å². The number of hydrogen-bond acceptors (Lipinski definition) is 4. The summed E-state index contributed by atoms with van der Waals surface area (Å²) in [6, 6.07) is 7.97. The number of benzene rings is 1. The first kappa shape index (κ1) is 24.2. The minimum Gasteiger partial charge on any atom is -0.459 e. The van der Waals surface area contributed by atoms with Crippen LogP contribution in [0.4, 0.5) is 0 Å². The molecule has 1 aromatic heterocycles. The summed E-state index contributed by atoms with van der Waals surface area (Å²) in [5.74, 6) is 1.39. The molecule has 0 aliphatic carbocycles. The number of aliphatic imine (C=N–C) groups is 1. The molecule has 0 radical (unpaired) electrons. The van der Waals surface area contributed by atoms with Gasteiger partial charge in [-0.25, -0.2) is 4.99 Å². The van der Waals surface area contributed by atoms with E-state index in [0.717, 1.165) is 28.7 Å². The van der Waals surface area contributed by atoms with Gasteiger partial charge in [0.05, 0.1) is 6.54 Å². The van der Waals surface area contributed by atoms with Gasteiger partial charge in [0.25, 0.3) is 0 Å². The van der Waals surface area contributed by atoms with Crippen LogP contribution >= 0.6 is 24.0 Å². The molecule has 1 aromatic carbocycles. The Hall–Kier alpha value is -1.81. The van der Waals surface area contributed by atoms with Gasteiger partial charge in [0.15, 0.2) is 5.96 Å². The molecule has 1 amide bonds. The summed E-state index contributed by atoms with van der Waals surface area (Å²) >= 11 is 0. The number of nitrogens with zero attached hydrogens (tertiary/aromatic N) is 2. The fraction of sp³-hybridized carbons (Fsp3) is 0.500. The van der Waals surface area contributed by atoms with Crippen LogP contribution in [-0.2, 0) is 16.1 Å². The number of fused-ring (bicyclic) bond motifs is 1. The van der Waals surface area contributed by atoms with Crippen LogP contribution in [0.1, 0.15) is 24.7 Å². The molecule has 0 saturated carbocycles. The van der Waals surface area contributed by atoms with Gasteiger partial charge in [-0.15, -0.1) is 24.0 Å². The molecule has 28 heavy (non-hydrogen) atoms. The largest absolute Gasteiger partial charge is 0.459 e. The molecule has 0 spiro atoms. The number of ether oxygens (including phenoxy) is 1. The van der Waals surface area contributed by atoms with Gasteiger partial charge in [-0.3, -0.25) is 4.79 Å². The Labute approximate surface area is 183 Å². The van der Waals surface area contributed by atoms with Crippen molar-refractivity contribution in [3.05, 3.63) is 35.6 Å². The molecular weight excluding hydrogens is 471 g/mol. The lowest BCUT2D eigenvalue weighted by Crippen LogP contribution is -2.39. The first-order valence-corrected chi connectivity index (χ1v) is 9.30. The number of amides is 1. The van der Waals surface area contributed by atoms with Gasteiger partial charge in [0.1, 0.15) is 17.9 Å². The smallest absolute Gasteiger partial charge is 0.243 e. The zero-order valence-electron chi connectivity index (χ0n) is 17.1. The molecule has 0 saturated heterocycles. The lowest BCUT2D eigenvalue weighted by Gasteiger charge is -2.13. The minimum atomic E-state index is -0.0506. The Bertz CT molecular complexity index is 774. The van der Waals surface area contributed by atoms with E-state index >= 15 is 0 Å². The van der Waals surface area contributed by atoms with E-state index in [9.17, 15) is 4.79 Å². The summed E-state index contributed by atoms with van der Waals surface area (Å²) in [5.41, 5.74) is 1.98. The SMILES string of the molecule is CCOCCCNC(=NCC(=O)N(C)C)NCc1oc2ccccc2c1C.I. The zero-order valence-corrected chi connectivity index (χ0v) is 19.4. The second-order valence-corrected chi connectivity index (χ2v) is 6.43. The Balaban J connectivity index is 0.00000392. The molecule has 2 aromatic rings. The number of furan rings is 1. The predicted octanol–water partition coefficient (Wildman–Crippen LogP) is 2.91. The second-order valence-electron chi connectivity index (χ2n) is 6.43. The van der Waals surface area contributed by atoms with Gasteiger partial charge < -0.3 is 24.7 Å². The van der Waals surface area contributed by atoms with Crippen LogP contribution in [-0.4, -0.2) is 57.2 Å². The third kappa shape index (κ3) is 7.31. The van der Waals surface area contributed by atoms with Crippen molar-refractivity contribution in [1.82, 2.24) is 15.5 Å². The Morgan fingerprint density at radius 1 is 1.25 bits per heavy atom. The highest BCUT2D eigenvalue weighted by Gasteiger charge is 2.11.